The minimum atomic E-state index is -1.86. The maximum absolute atomic E-state index is 6.37. The molecule has 0 aliphatic carbocycles. The summed E-state index contributed by atoms with van der Waals surface area (Å²) in [5.41, 5.74) is 9.54. The summed E-state index contributed by atoms with van der Waals surface area (Å²) in [5, 5.41) is 7.56. The summed E-state index contributed by atoms with van der Waals surface area (Å²) in [7, 11) is -1.86. The standard InChI is InChI=1S/C45H31N3OSi/c1-50(2)38-20-9-8-16-34(38)40-35(18-11-21-39(40)50)45-47-43(30-13-4-3-5-14-30)46-44(48-45)31-24-22-29(23-25-31)33-17-10-19-36-41(33)42-32-15-7-6-12-28(32)26-27-37(42)49-36/h3-27H,1-2H3. The molecule has 0 saturated carbocycles. The monoisotopic (exact) mass is 657 g/mol. The van der Waals surface area contributed by atoms with E-state index in [-0.39, 0.29) is 0 Å². The summed E-state index contributed by atoms with van der Waals surface area (Å²) in [5.74, 6) is 2.01. The minimum Gasteiger partial charge on any atom is -0.456 e. The van der Waals surface area contributed by atoms with Gasteiger partial charge in [0.05, 0.1) is 0 Å². The van der Waals surface area contributed by atoms with E-state index in [2.05, 4.69) is 147 Å². The molecule has 0 N–H and O–H groups in total. The summed E-state index contributed by atoms with van der Waals surface area (Å²) < 4.78 is 6.37. The fourth-order valence-electron chi connectivity index (χ4n) is 7.91. The topological polar surface area (TPSA) is 51.8 Å². The summed E-state index contributed by atoms with van der Waals surface area (Å²) in [6, 6.07) is 53.3. The minimum absolute atomic E-state index is 0.652. The quantitative estimate of drug-likeness (QED) is 0.177. The Morgan fingerprint density at radius 1 is 0.420 bits per heavy atom. The normalized spacial score (nSPS) is 13.2. The van der Waals surface area contributed by atoms with E-state index >= 15 is 0 Å². The summed E-state index contributed by atoms with van der Waals surface area (Å²) in [6.45, 7) is 4.87. The third-order valence-electron chi connectivity index (χ3n) is 10.4. The zero-order valence-electron chi connectivity index (χ0n) is 27.7. The number of benzene rings is 7. The third-order valence-corrected chi connectivity index (χ3v) is 13.9. The van der Waals surface area contributed by atoms with E-state index in [1.54, 1.807) is 0 Å². The Kier molecular flexibility index (Phi) is 6.29. The molecule has 7 aromatic carbocycles. The van der Waals surface area contributed by atoms with Crippen molar-refractivity contribution in [2.75, 3.05) is 0 Å². The van der Waals surface area contributed by atoms with Gasteiger partial charge in [-0.3, -0.25) is 0 Å². The molecule has 0 atom stereocenters. The maximum atomic E-state index is 6.37. The molecule has 3 heterocycles. The van der Waals surface area contributed by atoms with Crippen LogP contribution in [0.3, 0.4) is 0 Å². The Bertz CT molecular complexity index is 2780. The summed E-state index contributed by atoms with van der Waals surface area (Å²) >= 11 is 0. The van der Waals surface area contributed by atoms with Gasteiger partial charge in [-0.2, -0.15) is 0 Å². The van der Waals surface area contributed by atoms with Crippen LogP contribution in [0.25, 0.3) is 89.1 Å². The second-order valence-corrected chi connectivity index (χ2v) is 17.9. The molecular formula is C45H31N3OSi. The molecule has 236 valence electrons. The van der Waals surface area contributed by atoms with Crippen LogP contribution >= 0.6 is 0 Å². The molecule has 0 spiro atoms. The van der Waals surface area contributed by atoms with Crippen molar-refractivity contribution < 1.29 is 4.42 Å². The first-order chi connectivity index (χ1) is 24.5. The van der Waals surface area contributed by atoms with E-state index < -0.39 is 8.07 Å². The Morgan fingerprint density at radius 2 is 1.02 bits per heavy atom. The van der Waals surface area contributed by atoms with Gasteiger partial charge in [-0.1, -0.05) is 153 Å². The lowest BCUT2D eigenvalue weighted by molar-refractivity contribution is 0.669. The van der Waals surface area contributed by atoms with Crippen molar-refractivity contribution in [3.05, 3.63) is 152 Å². The van der Waals surface area contributed by atoms with Crippen molar-refractivity contribution >= 4 is 51.2 Å². The van der Waals surface area contributed by atoms with Crippen LogP contribution in [0, 0.1) is 0 Å². The largest absolute Gasteiger partial charge is 0.456 e. The molecule has 50 heavy (non-hydrogen) atoms. The molecule has 0 unspecified atom stereocenters. The highest BCUT2D eigenvalue weighted by atomic mass is 28.3. The molecule has 0 radical (unpaired) electrons. The lowest BCUT2D eigenvalue weighted by Crippen LogP contribution is -2.49. The van der Waals surface area contributed by atoms with Crippen molar-refractivity contribution in [1.82, 2.24) is 15.0 Å². The zero-order chi connectivity index (χ0) is 33.4. The van der Waals surface area contributed by atoms with E-state index in [4.69, 9.17) is 19.4 Å². The fraction of sp³-hybridized carbons (Fsp3) is 0.0444. The number of aromatic nitrogens is 3. The second-order valence-electron chi connectivity index (χ2n) is 13.6. The Balaban J connectivity index is 1.14. The van der Waals surface area contributed by atoms with Crippen LogP contribution in [0.2, 0.25) is 13.1 Å². The molecule has 0 amide bonds. The zero-order valence-corrected chi connectivity index (χ0v) is 28.7. The van der Waals surface area contributed by atoms with E-state index in [9.17, 15) is 0 Å². The van der Waals surface area contributed by atoms with Gasteiger partial charge in [0, 0.05) is 27.5 Å². The molecule has 0 fully saturated rings. The first-order valence-electron chi connectivity index (χ1n) is 17.0. The molecule has 0 saturated heterocycles. The van der Waals surface area contributed by atoms with Gasteiger partial charge in [0.15, 0.2) is 17.5 Å². The van der Waals surface area contributed by atoms with Crippen LogP contribution in [0.15, 0.2) is 156 Å². The van der Waals surface area contributed by atoms with Gasteiger partial charge in [0.1, 0.15) is 19.2 Å². The van der Waals surface area contributed by atoms with E-state index in [1.807, 2.05) is 18.2 Å². The van der Waals surface area contributed by atoms with Crippen molar-refractivity contribution in [3.63, 3.8) is 0 Å². The van der Waals surface area contributed by atoms with Gasteiger partial charge in [0.2, 0.25) is 0 Å². The predicted molar refractivity (Wildman–Crippen MR) is 209 cm³/mol. The molecular weight excluding hydrogens is 627 g/mol. The van der Waals surface area contributed by atoms with Gasteiger partial charge in [-0.05, 0) is 55.5 Å². The van der Waals surface area contributed by atoms with Gasteiger partial charge in [-0.15, -0.1) is 0 Å². The Labute approximate surface area is 290 Å². The lowest BCUT2D eigenvalue weighted by Gasteiger charge is -2.18. The van der Waals surface area contributed by atoms with E-state index in [1.165, 1.54) is 32.3 Å². The van der Waals surface area contributed by atoms with Gasteiger partial charge in [0.25, 0.3) is 0 Å². The number of hydrogen-bond donors (Lipinski definition) is 0. The highest BCUT2D eigenvalue weighted by Gasteiger charge is 2.38. The highest BCUT2D eigenvalue weighted by Crippen LogP contribution is 2.41. The molecule has 1 aliphatic heterocycles. The molecule has 4 nitrogen and oxygen atoms in total. The molecule has 1 aliphatic rings. The first kappa shape index (κ1) is 28.8. The van der Waals surface area contributed by atoms with Gasteiger partial charge >= 0.3 is 0 Å². The van der Waals surface area contributed by atoms with Crippen molar-refractivity contribution in [2.24, 2.45) is 0 Å². The van der Waals surface area contributed by atoms with Gasteiger partial charge < -0.3 is 4.42 Å². The SMILES string of the molecule is C[Si]1(C)c2ccccc2-c2c(-c3nc(-c4ccccc4)nc(-c4ccc(-c5cccc6oc7ccc8ccccc8c7c56)cc4)n3)cccc21. The molecule has 5 heteroatoms. The highest BCUT2D eigenvalue weighted by molar-refractivity contribution is 7.04. The number of fused-ring (bicyclic) bond motifs is 8. The smallest absolute Gasteiger partial charge is 0.164 e. The van der Waals surface area contributed by atoms with Crippen LogP contribution in [0.5, 0.6) is 0 Å². The number of nitrogens with zero attached hydrogens (tertiary/aromatic N) is 3. The molecule has 9 aromatic rings. The Morgan fingerprint density at radius 3 is 1.86 bits per heavy atom. The van der Waals surface area contributed by atoms with Crippen LogP contribution < -0.4 is 10.4 Å². The first-order valence-corrected chi connectivity index (χ1v) is 20.0. The molecule has 2 aromatic heterocycles. The van der Waals surface area contributed by atoms with Crippen molar-refractivity contribution in [3.8, 4) is 56.4 Å². The van der Waals surface area contributed by atoms with Gasteiger partial charge in [-0.25, -0.2) is 15.0 Å². The number of furan rings is 1. The average molecular weight is 658 g/mol. The summed E-state index contributed by atoms with van der Waals surface area (Å²) in [4.78, 5) is 15.4. The van der Waals surface area contributed by atoms with Crippen LogP contribution in [-0.4, -0.2) is 23.0 Å². The summed E-state index contributed by atoms with van der Waals surface area (Å²) in [6.07, 6.45) is 0. The fourth-order valence-corrected chi connectivity index (χ4v) is 11.0. The number of rotatable bonds is 4. The molecule has 10 rings (SSSR count). The van der Waals surface area contributed by atoms with E-state index in [0.717, 1.165) is 49.8 Å². The maximum Gasteiger partial charge on any atom is 0.164 e. The third kappa shape index (κ3) is 4.33. The van der Waals surface area contributed by atoms with Crippen LogP contribution in [0.1, 0.15) is 0 Å². The van der Waals surface area contributed by atoms with E-state index in [0.29, 0.717) is 17.5 Å². The Hall–Kier alpha value is -6.17. The lowest BCUT2D eigenvalue weighted by atomic mass is 9.96. The van der Waals surface area contributed by atoms with Crippen molar-refractivity contribution in [1.29, 1.82) is 0 Å². The average Bonchev–Trinajstić information content (AvgIpc) is 3.68. The van der Waals surface area contributed by atoms with Crippen LogP contribution in [0.4, 0.5) is 0 Å². The number of hydrogen-bond acceptors (Lipinski definition) is 4. The van der Waals surface area contributed by atoms with Crippen molar-refractivity contribution in [2.45, 2.75) is 13.1 Å². The predicted octanol–water partition coefficient (Wildman–Crippen LogP) is 10.4. The van der Waals surface area contributed by atoms with Crippen LogP contribution in [-0.2, 0) is 0 Å². The molecule has 0 bridgehead atoms. The second kappa shape index (κ2) is 10.9.